The van der Waals surface area contributed by atoms with Crippen LogP contribution in [0.25, 0.3) is 0 Å². The van der Waals surface area contributed by atoms with Crippen LogP contribution < -0.4 is 10.2 Å². The Morgan fingerprint density at radius 2 is 2.00 bits per heavy atom. The summed E-state index contributed by atoms with van der Waals surface area (Å²) in [7, 11) is 0. The van der Waals surface area contributed by atoms with Crippen LogP contribution in [0.4, 0.5) is 5.95 Å². The molecule has 0 aliphatic carbocycles. The average molecular weight is 276 g/mol. The number of anilines is 1. The number of hydrogen-bond acceptors (Lipinski definition) is 4. The van der Waals surface area contributed by atoms with Crippen molar-refractivity contribution in [3.05, 3.63) is 17.5 Å². The van der Waals surface area contributed by atoms with Crippen molar-refractivity contribution in [3.8, 4) is 0 Å². The quantitative estimate of drug-likeness (QED) is 0.898. The van der Waals surface area contributed by atoms with E-state index in [9.17, 15) is 0 Å². The van der Waals surface area contributed by atoms with Crippen molar-refractivity contribution in [2.45, 2.75) is 53.5 Å². The normalized spacial score (nSPS) is 18.3. The summed E-state index contributed by atoms with van der Waals surface area (Å²) >= 11 is 0. The molecule has 2 rings (SSSR count). The van der Waals surface area contributed by atoms with Crippen molar-refractivity contribution in [2.75, 3.05) is 24.5 Å². The van der Waals surface area contributed by atoms with Gasteiger partial charge in [0.2, 0.25) is 5.95 Å². The molecular formula is C16H28N4. The zero-order chi connectivity index (χ0) is 14.6. The van der Waals surface area contributed by atoms with Crippen molar-refractivity contribution >= 4 is 5.95 Å². The molecule has 0 aromatic carbocycles. The van der Waals surface area contributed by atoms with Gasteiger partial charge in [0.05, 0.1) is 0 Å². The lowest BCUT2D eigenvalue weighted by atomic mass is 9.78. The molecule has 4 nitrogen and oxygen atoms in total. The Morgan fingerprint density at radius 3 is 2.55 bits per heavy atom. The topological polar surface area (TPSA) is 41.1 Å². The number of nitrogens with zero attached hydrogens (tertiary/aromatic N) is 3. The van der Waals surface area contributed by atoms with Crippen LogP contribution in [0, 0.1) is 12.3 Å². The Hall–Kier alpha value is -1.16. The van der Waals surface area contributed by atoms with Gasteiger partial charge in [-0.25, -0.2) is 9.97 Å². The molecule has 0 unspecified atom stereocenters. The summed E-state index contributed by atoms with van der Waals surface area (Å²) < 4.78 is 0. The zero-order valence-corrected chi connectivity index (χ0v) is 13.4. The summed E-state index contributed by atoms with van der Waals surface area (Å²) in [4.78, 5) is 11.6. The highest BCUT2D eigenvalue weighted by Gasteiger charge is 2.29. The van der Waals surface area contributed by atoms with Crippen LogP contribution in [0.2, 0.25) is 0 Å². The molecule has 4 heteroatoms. The Balaban J connectivity index is 2.02. The van der Waals surface area contributed by atoms with Crippen LogP contribution in [0.1, 0.15) is 51.3 Å². The summed E-state index contributed by atoms with van der Waals surface area (Å²) in [5.74, 6) is 0.904. The van der Waals surface area contributed by atoms with Crippen LogP contribution in [0.3, 0.4) is 0 Å². The first-order valence-corrected chi connectivity index (χ1v) is 7.86. The maximum atomic E-state index is 4.70. The Kier molecular flexibility index (Phi) is 4.97. The second-order valence-electron chi connectivity index (χ2n) is 6.21. The van der Waals surface area contributed by atoms with Gasteiger partial charge in [-0.2, -0.15) is 0 Å². The number of rotatable bonds is 5. The molecule has 0 saturated carbocycles. The van der Waals surface area contributed by atoms with E-state index in [1.54, 1.807) is 0 Å². The predicted octanol–water partition coefficient (Wildman–Crippen LogP) is 2.91. The molecule has 112 valence electrons. The second kappa shape index (κ2) is 6.53. The molecule has 0 amide bonds. The van der Waals surface area contributed by atoms with Crippen LogP contribution >= 0.6 is 0 Å². The minimum atomic E-state index is 0.510. The van der Waals surface area contributed by atoms with E-state index in [2.05, 4.69) is 42.9 Å². The Labute approximate surface area is 123 Å². The molecule has 1 fully saturated rings. The maximum Gasteiger partial charge on any atom is 0.225 e. The monoisotopic (exact) mass is 276 g/mol. The third kappa shape index (κ3) is 3.48. The van der Waals surface area contributed by atoms with Gasteiger partial charge in [-0.05, 0) is 31.7 Å². The molecule has 2 heterocycles. The molecule has 1 N–H and O–H groups in total. The van der Waals surface area contributed by atoms with E-state index in [1.807, 2.05) is 6.20 Å². The van der Waals surface area contributed by atoms with Gasteiger partial charge < -0.3 is 10.2 Å². The number of aromatic nitrogens is 2. The summed E-state index contributed by atoms with van der Waals surface area (Å²) in [6.45, 7) is 12.9. The van der Waals surface area contributed by atoms with E-state index < -0.39 is 0 Å². The van der Waals surface area contributed by atoms with Gasteiger partial charge in [0.25, 0.3) is 0 Å². The summed E-state index contributed by atoms with van der Waals surface area (Å²) in [6.07, 6.45) is 5.73. The van der Waals surface area contributed by atoms with E-state index >= 15 is 0 Å². The largest absolute Gasteiger partial charge is 0.341 e. The lowest BCUT2D eigenvalue weighted by Gasteiger charge is -2.39. The number of hydrogen-bond donors (Lipinski definition) is 1. The smallest absolute Gasteiger partial charge is 0.225 e. The zero-order valence-electron chi connectivity index (χ0n) is 13.4. The fraction of sp³-hybridized carbons (Fsp3) is 0.750. The third-order valence-corrected chi connectivity index (χ3v) is 4.74. The molecule has 1 aromatic heterocycles. The van der Waals surface area contributed by atoms with Gasteiger partial charge >= 0.3 is 0 Å². The fourth-order valence-electron chi connectivity index (χ4n) is 2.67. The van der Waals surface area contributed by atoms with Crippen molar-refractivity contribution in [1.82, 2.24) is 15.3 Å². The van der Waals surface area contributed by atoms with Crippen LogP contribution in [-0.2, 0) is 6.54 Å². The average Bonchev–Trinajstić information content (AvgIpc) is 2.47. The van der Waals surface area contributed by atoms with Gasteiger partial charge in [0.15, 0.2) is 0 Å². The van der Waals surface area contributed by atoms with Crippen LogP contribution in [0.15, 0.2) is 6.20 Å². The van der Waals surface area contributed by atoms with Gasteiger partial charge in [-0.3, -0.25) is 0 Å². The molecule has 1 aromatic rings. The van der Waals surface area contributed by atoms with Gasteiger partial charge in [0.1, 0.15) is 0 Å². The van der Waals surface area contributed by atoms with Crippen molar-refractivity contribution < 1.29 is 0 Å². The Morgan fingerprint density at radius 1 is 1.30 bits per heavy atom. The minimum Gasteiger partial charge on any atom is -0.341 e. The molecule has 1 aliphatic heterocycles. The number of piperidine rings is 1. The van der Waals surface area contributed by atoms with E-state index in [0.29, 0.717) is 5.41 Å². The van der Waals surface area contributed by atoms with Crippen molar-refractivity contribution in [3.63, 3.8) is 0 Å². The molecule has 1 saturated heterocycles. The molecule has 0 bridgehead atoms. The third-order valence-electron chi connectivity index (χ3n) is 4.74. The van der Waals surface area contributed by atoms with Gasteiger partial charge in [-0.1, -0.05) is 27.2 Å². The fourth-order valence-corrected chi connectivity index (χ4v) is 2.67. The standard InChI is InChI=1S/C16H28N4/c1-5-16(4)7-9-20(10-8-16)15-18-12-14(11-17-6-2)13(3)19-15/h12,17H,5-11H2,1-4H3. The first-order chi connectivity index (χ1) is 9.58. The maximum absolute atomic E-state index is 4.70. The number of aryl methyl sites for hydroxylation is 1. The summed E-state index contributed by atoms with van der Waals surface area (Å²) in [5.41, 5.74) is 2.81. The SMILES string of the molecule is CCNCc1cnc(N2CCC(C)(CC)CC2)nc1C. The van der Waals surface area contributed by atoms with Crippen molar-refractivity contribution in [2.24, 2.45) is 5.41 Å². The molecule has 0 spiro atoms. The van der Waals surface area contributed by atoms with E-state index in [-0.39, 0.29) is 0 Å². The molecule has 0 atom stereocenters. The van der Waals surface area contributed by atoms with Crippen molar-refractivity contribution in [1.29, 1.82) is 0 Å². The lowest BCUT2D eigenvalue weighted by Crippen LogP contribution is -2.39. The highest BCUT2D eigenvalue weighted by atomic mass is 15.3. The summed E-state index contributed by atoms with van der Waals surface area (Å²) in [6, 6.07) is 0. The highest BCUT2D eigenvalue weighted by Crippen LogP contribution is 2.34. The minimum absolute atomic E-state index is 0.510. The van der Waals surface area contributed by atoms with Crippen LogP contribution in [-0.4, -0.2) is 29.6 Å². The highest BCUT2D eigenvalue weighted by molar-refractivity contribution is 5.33. The molecule has 0 radical (unpaired) electrons. The summed E-state index contributed by atoms with van der Waals surface area (Å²) in [5, 5.41) is 3.33. The lowest BCUT2D eigenvalue weighted by molar-refractivity contribution is 0.237. The van der Waals surface area contributed by atoms with E-state index in [0.717, 1.165) is 37.8 Å². The first-order valence-electron chi connectivity index (χ1n) is 7.86. The molecular weight excluding hydrogens is 248 g/mol. The van der Waals surface area contributed by atoms with E-state index in [1.165, 1.54) is 24.8 Å². The van der Waals surface area contributed by atoms with Gasteiger partial charge in [0, 0.05) is 37.1 Å². The Bertz CT molecular complexity index is 436. The predicted molar refractivity (Wildman–Crippen MR) is 84.0 cm³/mol. The number of nitrogens with one attached hydrogen (secondary N) is 1. The molecule has 20 heavy (non-hydrogen) atoms. The van der Waals surface area contributed by atoms with Crippen LogP contribution in [0.5, 0.6) is 0 Å². The molecule has 1 aliphatic rings. The second-order valence-corrected chi connectivity index (χ2v) is 6.21. The first kappa shape index (κ1) is 15.2. The van der Waals surface area contributed by atoms with Gasteiger partial charge in [-0.15, -0.1) is 0 Å². The van der Waals surface area contributed by atoms with E-state index in [4.69, 9.17) is 4.98 Å².